The van der Waals surface area contributed by atoms with E-state index in [1.165, 1.54) is 102 Å². The summed E-state index contributed by atoms with van der Waals surface area (Å²) in [5, 5.41) is 9.72. The average Bonchev–Trinajstić information content (AvgIpc) is 2.93. The zero-order valence-corrected chi connectivity index (χ0v) is 27.5. The zero-order valence-electron chi connectivity index (χ0n) is 24.0. The molecule has 1 aromatic carbocycles. The van der Waals surface area contributed by atoms with E-state index in [4.69, 9.17) is 24.7 Å². The van der Waals surface area contributed by atoms with Gasteiger partial charge in [0.05, 0.1) is 0 Å². The van der Waals surface area contributed by atoms with Crippen molar-refractivity contribution in [3.63, 3.8) is 0 Å². The molecule has 0 heterocycles. The van der Waals surface area contributed by atoms with Crippen molar-refractivity contribution in [2.24, 2.45) is 0 Å². The van der Waals surface area contributed by atoms with Crippen LogP contribution in [0.15, 0.2) is 18.2 Å². The van der Waals surface area contributed by atoms with Crippen molar-refractivity contribution in [3.05, 3.63) is 18.2 Å². The van der Waals surface area contributed by atoms with Crippen molar-refractivity contribution in [2.75, 3.05) is 13.2 Å². The van der Waals surface area contributed by atoms with Crippen molar-refractivity contribution in [1.29, 1.82) is 0 Å². The molecular weight excluding hydrogens is 559 g/mol. The molecule has 6 heteroatoms. The molecule has 0 aliphatic heterocycles. The molecule has 0 aromatic heterocycles. The van der Waals surface area contributed by atoms with Crippen LogP contribution >= 0.6 is 20.8 Å². The molecule has 0 spiro atoms. The van der Waals surface area contributed by atoms with Crippen molar-refractivity contribution in [3.8, 4) is 11.5 Å². The average molecular weight is 614 g/mol. The molecule has 37 heavy (non-hydrogen) atoms. The molecule has 3 aliphatic rings. The molecule has 212 valence electrons. The summed E-state index contributed by atoms with van der Waals surface area (Å²) in [6.45, 7) is 8.30. The van der Waals surface area contributed by atoms with Gasteiger partial charge < -0.3 is 0 Å². The summed E-state index contributed by atoms with van der Waals surface area (Å²) in [6, 6.07) is 7.29. The second kappa shape index (κ2) is 13.0. The predicted octanol–water partition coefficient (Wildman–Crippen LogP) is 9.89. The summed E-state index contributed by atoms with van der Waals surface area (Å²) in [5.74, 6) is 1.49. The van der Waals surface area contributed by atoms with Gasteiger partial charge in [-0.15, -0.1) is 0 Å². The first-order valence-corrected chi connectivity index (χ1v) is 23.2. The Labute approximate surface area is 236 Å². The Kier molecular flexibility index (Phi) is 10.5. The second-order valence-electron chi connectivity index (χ2n) is 12.9. The van der Waals surface area contributed by atoms with E-state index in [1.807, 2.05) is 6.07 Å². The first-order valence-electron chi connectivity index (χ1n) is 15.6. The van der Waals surface area contributed by atoms with Crippen LogP contribution in [-0.4, -0.2) is 43.6 Å². The molecule has 0 bridgehead atoms. The maximum absolute atomic E-state index is 11.0. The Morgan fingerprint density at radius 1 is 0.838 bits per heavy atom. The van der Waals surface area contributed by atoms with Gasteiger partial charge in [0.15, 0.2) is 0 Å². The van der Waals surface area contributed by atoms with Crippen LogP contribution in [0.25, 0.3) is 0 Å². The minimum atomic E-state index is -2.67. The van der Waals surface area contributed by atoms with Crippen molar-refractivity contribution in [2.45, 2.75) is 146 Å². The van der Waals surface area contributed by atoms with Crippen LogP contribution in [0.1, 0.15) is 110 Å². The van der Waals surface area contributed by atoms with Gasteiger partial charge in [0.1, 0.15) is 0 Å². The van der Waals surface area contributed by atoms with Gasteiger partial charge in [-0.2, -0.15) is 0 Å². The van der Waals surface area contributed by atoms with Gasteiger partial charge in [-0.25, -0.2) is 0 Å². The molecule has 0 radical (unpaired) electrons. The Morgan fingerprint density at radius 3 is 1.78 bits per heavy atom. The number of halogens is 1. The van der Waals surface area contributed by atoms with Gasteiger partial charge >= 0.3 is 237 Å². The fraction of sp³-hybridized carbons (Fsp3) is 0.806. The Bertz CT molecular complexity index is 812. The van der Waals surface area contributed by atoms with Crippen LogP contribution in [0.3, 0.4) is 0 Å². The van der Waals surface area contributed by atoms with Gasteiger partial charge in [0.2, 0.25) is 0 Å². The molecule has 1 N–H and O–H groups in total. The van der Waals surface area contributed by atoms with Crippen LogP contribution in [0.5, 0.6) is 11.5 Å². The van der Waals surface area contributed by atoms with Gasteiger partial charge in [-0.05, 0) is 0 Å². The van der Waals surface area contributed by atoms with Crippen LogP contribution in [-0.2, 0) is 4.43 Å². The summed E-state index contributed by atoms with van der Waals surface area (Å²) in [6.07, 6.45) is 21.4. The number of phenols is 1. The van der Waals surface area contributed by atoms with Gasteiger partial charge in [0.25, 0.3) is 0 Å². The monoisotopic (exact) mass is 612 g/mol. The van der Waals surface area contributed by atoms with E-state index >= 15 is 0 Å². The predicted molar refractivity (Wildman–Crippen MR) is 168 cm³/mol. The van der Waals surface area contributed by atoms with E-state index in [1.54, 1.807) is 0 Å². The normalized spacial score (nSPS) is 22.4. The molecule has 0 unspecified atom stereocenters. The quantitative estimate of drug-likeness (QED) is 0.153. The van der Waals surface area contributed by atoms with E-state index in [0.29, 0.717) is 5.75 Å². The Hall–Kier alpha value is -0.0931. The number of rotatable bonds is 11. The minimum absolute atomic E-state index is 0.420. The number of hydrogen-bond acceptors (Lipinski definition) is 3. The number of aromatic hydroxyl groups is 1. The van der Waals surface area contributed by atoms with Gasteiger partial charge in [-0.1, -0.05) is 0 Å². The van der Waals surface area contributed by atoms with Crippen LogP contribution in [0, 0.1) is 0 Å². The van der Waals surface area contributed by atoms with E-state index in [2.05, 4.69) is 32.2 Å². The van der Waals surface area contributed by atoms with E-state index < -0.39 is 13.6 Å². The zero-order chi connectivity index (χ0) is 26.4. The van der Waals surface area contributed by atoms with Gasteiger partial charge in [0, 0.05) is 0 Å². The molecule has 1 aromatic rings. The Morgan fingerprint density at radius 2 is 1.32 bits per heavy atom. The fourth-order valence-corrected chi connectivity index (χ4v) is 23.1. The number of hydrogen-bond donors (Lipinski definition) is 1. The first kappa shape index (κ1) is 29.9. The third-order valence-electron chi connectivity index (χ3n) is 10.1. The summed E-state index contributed by atoms with van der Waals surface area (Å²) >= 11 is 4.96. The Balaban J connectivity index is 1.77. The molecular formula is C31H54BrO3PSi. The van der Waals surface area contributed by atoms with Crippen molar-refractivity contribution < 1.29 is 14.3 Å². The van der Waals surface area contributed by atoms with Crippen LogP contribution in [0.2, 0.25) is 19.1 Å². The SMILES string of the molecule is CCO[Si](C)(C)CCCOc1ccc(O)cc1P(Br)(C1CCCCC1)(C1CCCCC1)C1CCCCC1. The first-order chi connectivity index (χ1) is 17.8. The molecule has 0 atom stereocenters. The third-order valence-corrected chi connectivity index (χ3v) is 26.5. The maximum atomic E-state index is 11.0. The van der Waals surface area contributed by atoms with Crippen molar-refractivity contribution >= 4 is 34.4 Å². The molecule has 0 saturated heterocycles. The molecule has 3 fully saturated rings. The number of benzene rings is 1. The van der Waals surface area contributed by atoms with Gasteiger partial charge in [-0.3, -0.25) is 0 Å². The molecule has 0 amide bonds. The third kappa shape index (κ3) is 6.31. The van der Waals surface area contributed by atoms with Crippen molar-refractivity contribution in [1.82, 2.24) is 0 Å². The van der Waals surface area contributed by atoms with E-state index in [-0.39, 0.29) is 0 Å². The molecule has 3 saturated carbocycles. The fourth-order valence-electron chi connectivity index (χ4n) is 8.44. The molecule has 3 aliphatic carbocycles. The van der Waals surface area contributed by atoms with E-state index in [0.717, 1.165) is 48.4 Å². The van der Waals surface area contributed by atoms with E-state index in [9.17, 15) is 5.11 Å². The standard InChI is InChI=1S/C31H54BrO3PSi/c1-4-35-37(2,3)24-14-23-34-30-22-21-26(33)25-31(30)36(32,27-15-8-5-9-16-27,28-17-10-6-11-18-28)29-19-12-7-13-20-29/h21-22,25,27-29,33H,4-20,23-24H2,1-3H3. The summed E-state index contributed by atoms with van der Waals surface area (Å²) in [4.78, 5) is 0. The molecule has 3 nitrogen and oxygen atoms in total. The summed E-state index contributed by atoms with van der Waals surface area (Å²) in [5.41, 5.74) is 2.16. The van der Waals surface area contributed by atoms with Crippen LogP contribution < -0.4 is 10.0 Å². The number of phenolic OH excluding ortho intramolecular Hbond substituents is 1. The second-order valence-corrected chi connectivity index (χ2v) is 27.0. The van der Waals surface area contributed by atoms with Crippen LogP contribution in [0.4, 0.5) is 0 Å². The number of ether oxygens (including phenoxy) is 1. The summed E-state index contributed by atoms with van der Waals surface area (Å²) in [7, 11) is -1.62. The summed E-state index contributed by atoms with van der Waals surface area (Å²) < 4.78 is 12.8. The topological polar surface area (TPSA) is 38.7 Å². The molecule has 4 rings (SSSR count).